The zero-order valence-electron chi connectivity index (χ0n) is 12.3. The van der Waals surface area contributed by atoms with Gasteiger partial charge in [-0.2, -0.15) is 0 Å². The van der Waals surface area contributed by atoms with Crippen LogP contribution in [0.5, 0.6) is 0 Å². The van der Waals surface area contributed by atoms with Crippen LogP contribution < -0.4 is 15.4 Å². The molecule has 1 aromatic rings. The molecule has 0 saturated carbocycles. The van der Waals surface area contributed by atoms with Crippen LogP contribution >= 0.6 is 0 Å². The number of amides is 1. The van der Waals surface area contributed by atoms with E-state index >= 15 is 0 Å². The maximum atomic E-state index is 12.1. The monoisotopic (exact) mass is 323 g/mol. The molecule has 1 fully saturated rings. The van der Waals surface area contributed by atoms with Gasteiger partial charge in [0.15, 0.2) is 0 Å². The van der Waals surface area contributed by atoms with E-state index in [4.69, 9.17) is 0 Å². The van der Waals surface area contributed by atoms with Gasteiger partial charge in [0.25, 0.3) is 5.91 Å². The molecule has 1 atom stereocenters. The summed E-state index contributed by atoms with van der Waals surface area (Å²) in [6.07, 6.45) is 3.46. The molecule has 1 amide bonds. The number of piperidine rings is 1. The highest BCUT2D eigenvalue weighted by molar-refractivity contribution is 7.89. The van der Waals surface area contributed by atoms with E-state index in [1.165, 1.54) is 30.3 Å². The molecule has 1 unspecified atom stereocenters. The molecular weight excluding hydrogens is 302 g/mol. The van der Waals surface area contributed by atoms with Crippen molar-refractivity contribution in [3.8, 4) is 0 Å². The predicted octanol–water partition coefficient (Wildman–Crippen LogP) is 0.633. The summed E-state index contributed by atoms with van der Waals surface area (Å²) in [7, 11) is -3.56. The molecule has 0 bridgehead atoms. The lowest BCUT2D eigenvalue weighted by Crippen LogP contribution is -2.45. The first-order valence-electron chi connectivity index (χ1n) is 7.25. The summed E-state index contributed by atoms with van der Waals surface area (Å²) in [4.78, 5) is 12.3. The molecular formula is C15H21N3O3S. The van der Waals surface area contributed by atoms with E-state index in [0.717, 1.165) is 25.9 Å². The van der Waals surface area contributed by atoms with Crippen LogP contribution in [0.25, 0.3) is 0 Å². The summed E-state index contributed by atoms with van der Waals surface area (Å²) in [6, 6.07) is 6.03. The van der Waals surface area contributed by atoms with Crippen molar-refractivity contribution in [2.45, 2.75) is 23.8 Å². The largest absolute Gasteiger partial charge is 0.348 e. The van der Waals surface area contributed by atoms with Gasteiger partial charge in [0, 0.05) is 24.7 Å². The van der Waals surface area contributed by atoms with Gasteiger partial charge in [-0.25, -0.2) is 13.1 Å². The average Bonchev–Trinajstić information content (AvgIpc) is 2.54. The highest BCUT2D eigenvalue weighted by Crippen LogP contribution is 2.11. The Labute approximate surface area is 131 Å². The third-order valence-electron chi connectivity index (χ3n) is 3.48. The molecule has 1 aliphatic heterocycles. The number of nitrogens with one attached hydrogen (secondary N) is 3. The second-order valence-electron chi connectivity index (χ2n) is 5.18. The van der Waals surface area contributed by atoms with E-state index in [9.17, 15) is 13.2 Å². The Bertz CT molecular complexity index is 620. The molecule has 120 valence electrons. The van der Waals surface area contributed by atoms with Crippen LogP contribution in [-0.2, 0) is 10.0 Å². The SMILES string of the molecule is C=CCNS(=O)(=O)c1ccc(C(=O)NC2CCCNC2)cc1. The van der Waals surface area contributed by atoms with Crippen molar-refractivity contribution in [3.05, 3.63) is 42.5 Å². The minimum Gasteiger partial charge on any atom is -0.348 e. The molecule has 3 N–H and O–H groups in total. The Kier molecular flexibility index (Phi) is 5.70. The first-order valence-corrected chi connectivity index (χ1v) is 8.73. The Balaban J connectivity index is 2.01. The Morgan fingerprint density at radius 3 is 2.68 bits per heavy atom. The topological polar surface area (TPSA) is 87.3 Å². The van der Waals surface area contributed by atoms with Gasteiger partial charge in [0.1, 0.15) is 0 Å². The fraction of sp³-hybridized carbons (Fsp3) is 0.400. The Hall–Kier alpha value is -1.70. The molecule has 1 heterocycles. The molecule has 0 aromatic heterocycles. The number of benzene rings is 1. The van der Waals surface area contributed by atoms with Gasteiger partial charge in [-0.1, -0.05) is 6.08 Å². The van der Waals surface area contributed by atoms with Crippen molar-refractivity contribution >= 4 is 15.9 Å². The first-order chi connectivity index (χ1) is 10.5. The van der Waals surface area contributed by atoms with Crippen molar-refractivity contribution in [2.75, 3.05) is 19.6 Å². The number of hydrogen-bond acceptors (Lipinski definition) is 4. The van der Waals surface area contributed by atoms with Crippen LogP contribution in [0.1, 0.15) is 23.2 Å². The van der Waals surface area contributed by atoms with Crippen LogP contribution in [0, 0.1) is 0 Å². The number of carbonyl (C=O) groups excluding carboxylic acids is 1. The van der Waals surface area contributed by atoms with Crippen LogP contribution in [0.15, 0.2) is 41.8 Å². The summed E-state index contributed by atoms with van der Waals surface area (Å²) in [5.41, 5.74) is 0.452. The fourth-order valence-corrected chi connectivity index (χ4v) is 3.28. The third-order valence-corrected chi connectivity index (χ3v) is 4.92. The minimum atomic E-state index is -3.56. The normalized spacial score (nSPS) is 18.6. The maximum absolute atomic E-state index is 12.1. The average molecular weight is 323 g/mol. The van der Waals surface area contributed by atoms with Crippen molar-refractivity contribution in [2.24, 2.45) is 0 Å². The highest BCUT2D eigenvalue weighted by Gasteiger charge is 2.17. The molecule has 6 nitrogen and oxygen atoms in total. The smallest absolute Gasteiger partial charge is 0.251 e. The molecule has 2 rings (SSSR count). The van der Waals surface area contributed by atoms with E-state index in [2.05, 4.69) is 21.9 Å². The Morgan fingerprint density at radius 2 is 2.09 bits per heavy atom. The fourth-order valence-electron chi connectivity index (χ4n) is 2.28. The van der Waals surface area contributed by atoms with Gasteiger partial charge in [0.05, 0.1) is 4.90 Å². The standard InChI is InChI=1S/C15H21N3O3S/c1-2-9-17-22(20,21)14-7-5-12(6-8-14)15(19)18-13-4-3-10-16-11-13/h2,5-8,13,16-17H,1,3-4,9-11H2,(H,18,19). The van der Waals surface area contributed by atoms with Crippen LogP contribution in [0.3, 0.4) is 0 Å². The van der Waals surface area contributed by atoms with Gasteiger partial charge >= 0.3 is 0 Å². The van der Waals surface area contributed by atoms with E-state index in [0.29, 0.717) is 5.56 Å². The van der Waals surface area contributed by atoms with Crippen molar-refractivity contribution < 1.29 is 13.2 Å². The number of rotatable bonds is 6. The summed E-state index contributed by atoms with van der Waals surface area (Å²) >= 11 is 0. The molecule has 1 saturated heterocycles. The van der Waals surface area contributed by atoms with Crippen molar-refractivity contribution in [1.82, 2.24) is 15.4 Å². The van der Waals surface area contributed by atoms with Gasteiger partial charge in [0.2, 0.25) is 10.0 Å². The lowest BCUT2D eigenvalue weighted by atomic mass is 10.1. The molecule has 0 aliphatic carbocycles. The molecule has 7 heteroatoms. The third kappa shape index (κ3) is 4.40. The van der Waals surface area contributed by atoms with Gasteiger partial charge < -0.3 is 10.6 Å². The highest BCUT2D eigenvalue weighted by atomic mass is 32.2. The van der Waals surface area contributed by atoms with E-state index in [1.54, 1.807) is 0 Å². The zero-order valence-corrected chi connectivity index (χ0v) is 13.2. The molecule has 1 aliphatic rings. The van der Waals surface area contributed by atoms with Crippen LogP contribution in [-0.4, -0.2) is 40.0 Å². The lowest BCUT2D eigenvalue weighted by Gasteiger charge is -2.23. The molecule has 0 spiro atoms. The van der Waals surface area contributed by atoms with Crippen LogP contribution in [0.2, 0.25) is 0 Å². The van der Waals surface area contributed by atoms with Gasteiger partial charge in [-0.15, -0.1) is 6.58 Å². The number of sulfonamides is 1. The maximum Gasteiger partial charge on any atom is 0.251 e. The van der Waals surface area contributed by atoms with Gasteiger partial charge in [-0.05, 0) is 43.7 Å². The molecule has 1 aromatic carbocycles. The van der Waals surface area contributed by atoms with E-state index < -0.39 is 10.0 Å². The summed E-state index contributed by atoms with van der Waals surface area (Å²) in [5.74, 6) is -0.184. The summed E-state index contributed by atoms with van der Waals surface area (Å²) < 4.78 is 26.2. The van der Waals surface area contributed by atoms with Crippen molar-refractivity contribution in [3.63, 3.8) is 0 Å². The summed E-state index contributed by atoms with van der Waals surface area (Å²) in [6.45, 7) is 5.38. The second-order valence-corrected chi connectivity index (χ2v) is 6.95. The summed E-state index contributed by atoms with van der Waals surface area (Å²) in [5, 5.41) is 6.18. The molecule has 0 radical (unpaired) electrons. The first kappa shape index (κ1) is 16.7. The Morgan fingerprint density at radius 1 is 1.36 bits per heavy atom. The van der Waals surface area contributed by atoms with E-state index in [1.807, 2.05) is 0 Å². The zero-order chi connectivity index (χ0) is 16.0. The quantitative estimate of drug-likeness (QED) is 0.670. The van der Waals surface area contributed by atoms with Crippen molar-refractivity contribution in [1.29, 1.82) is 0 Å². The van der Waals surface area contributed by atoms with Crippen LogP contribution in [0.4, 0.5) is 0 Å². The number of carbonyl (C=O) groups is 1. The minimum absolute atomic E-state index is 0.124. The van der Waals surface area contributed by atoms with Gasteiger partial charge in [-0.3, -0.25) is 4.79 Å². The predicted molar refractivity (Wildman–Crippen MR) is 85.2 cm³/mol. The van der Waals surface area contributed by atoms with E-state index in [-0.39, 0.29) is 23.4 Å². The number of hydrogen-bond donors (Lipinski definition) is 3. The molecule has 22 heavy (non-hydrogen) atoms. The lowest BCUT2D eigenvalue weighted by molar-refractivity contribution is 0.0930. The second kappa shape index (κ2) is 7.53.